The van der Waals surface area contributed by atoms with Crippen LogP contribution in [0.3, 0.4) is 0 Å². The van der Waals surface area contributed by atoms with Gasteiger partial charge < -0.3 is 5.11 Å². The van der Waals surface area contributed by atoms with E-state index in [1.807, 2.05) is 32.9 Å². The summed E-state index contributed by atoms with van der Waals surface area (Å²) in [6.45, 7) is 6.04. The molecule has 2 rings (SSSR count). The molecule has 0 radical (unpaired) electrons. The van der Waals surface area contributed by atoms with Crippen molar-refractivity contribution in [1.29, 1.82) is 0 Å². The molecule has 0 aliphatic carbocycles. The van der Waals surface area contributed by atoms with Crippen molar-refractivity contribution in [2.75, 3.05) is 0 Å². The van der Waals surface area contributed by atoms with Crippen molar-refractivity contribution >= 4 is 0 Å². The van der Waals surface area contributed by atoms with E-state index in [2.05, 4.69) is 0 Å². The van der Waals surface area contributed by atoms with Crippen molar-refractivity contribution in [3.05, 3.63) is 70.8 Å². The van der Waals surface area contributed by atoms with E-state index < -0.39 is 17.7 Å². The first-order valence-electron chi connectivity index (χ1n) is 6.53. The van der Waals surface area contributed by atoms with Gasteiger partial charge in [0.05, 0.1) is 0 Å². The number of benzene rings is 2. The van der Waals surface area contributed by atoms with Gasteiger partial charge in [0.15, 0.2) is 0 Å². The Bertz CT molecular complexity index is 615. The third kappa shape index (κ3) is 2.88. The van der Waals surface area contributed by atoms with Gasteiger partial charge >= 0.3 is 0 Å². The maximum Gasteiger partial charge on any atom is 0.129 e. The summed E-state index contributed by atoms with van der Waals surface area (Å²) in [5.74, 6) is -1.17. The predicted octanol–water partition coefficient (Wildman–Crippen LogP) is 4.34. The molecule has 0 fully saturated rings. The quantitative estimate of drug-likeness (QED) is 0.865. The van der Waals surface area contributed by atoms with Crippen LogP contribution < -0.4 is 0 Å². The molecule has 0 heterocycles. The second-order valence-corrected chi connectivity index (χ2v) is 5.91. The van der Waals surface area contributed by atoms with E-state index in [-0.39, 0.29) is 11.0 Å². The second kappa shape index (κ2) is 5.33. The Kier molecular flexibility index (Phi) is 3.91. The normalized spacial score (nSPS) is 13.3. The molecule has 20 heavy (non-hydrogen) atoms. The highest BCUT2D eigenvalue weighted by molar-refractivity contribution is 5.39. The molecule has 1 nitrogen and oxygen atoms in total. The van der Waals surface area contributed by atoms with Crippen molar-refractivity contribution in [3.8, 4) is 0 Å². The zero-order valence-corrected chi connectivity index (χ0v) is 11.8. The average Bonchev–Trinajstić information content (AvgIpc) is 2.40. The lowest BCUT2D eigenvalue weighted by Crippen LogP contribution is -2.17. The molecular formula is C17H18F2O. The predicted molar refractivity (Wildman–Crippen MR) is 75.6 cm³/mol. The molecule has 106 valence electrons. The van der Waals surface area contributed by atoms with Gasteiger partial charge in [-0.05, 0) is 34.7 Å². The lowest BCUT2D eigenvalue weighted by molar-refractivity contribution is 0.211. The lowest BCUT2D eigenvalue weighted by atomic mass is 9.81. The number of halogens is 2. The Morgan fingerprint density at radius 3 is 2.25 bits per heavy atom. The molecule has 2 aromatic carbocycles. The van der Waals surface area contributed by atoms with Crippen LogP contribution in [0.15, 0.2) is 42.5 Å². The van der Waals surface area contributed by atoms with Crippen LogP contribution >= 0.6 is 0 Å². The summed E-state index contributed by atoms with van der Waals surface area (Å²) in [7, 11) is 0. The first kappa shape index (κ1) is 14.7. The molecule has 0 aliphatic rings. The van der Waals surface area contributed by atoms with Gasteiger partial charge in [-0.2, -0.15) is 0 Å². The van der Waals surface area contributed by atoms with Crippen molar-refractivity contribution in [2.24, 2.45) is 0 Å². The van der Waals surface area contributed by atoms with Crippen molar-refractivity contribution in [2.45, 2.75) is 32.3 Å². The van der Waals surface area contributed by atoms with Gasteiger partial charge in [-0.15, -0.1) is 0 Å². The van der Waals surface area contributed by atoms with E-state index in [0.717, 1.165) is 23.8 Å². The summed E-state index contributed by atoms with van der Waals surface area (Å²) in [4.78, 5) is 0. The third-order valence-electron chi connectivity index (χ3n) is 3.32. The number of hydrogen-bond donors (Lipinski definition) is 1. The van der Waals surface area contributed by atoms with E-state index in [1.165, 1.54) is 0 Å². The van der Waals surface area contributed by atoms with Crippen LogP contribution in [0.4, 0.5) is 8.78 Å². The van der Waals surface area contributed by atoms with Crippen molar-refractivity contribution in [3.63, 3.8) is 0 Å². The molecule has 0 aromatic heterocycles. The summed E-state index contributed by atoms with van der Waals surface area (Å²) < 4.78 is 27.1. The van der Waals surface area contributed by atoms with Gasteiger partial charge in [-0.3, -0.25) is 0 Å². The molecule has 0 bridgehead atoms. The molecular weight excluding hydrogens is 258 g/mol. The van der Waals surface area contributed by atoms with Gasteiger partial charge in [0.2, 0.25) is 0 Å². The second-order valence-electron chi connectivity index (χ2n) is 5.91. The van der Waals surface area contributed by atoms with E-state index in [9.17, 15) is 13.9 Å². The van der Waals surface area contributed by atoms with Gasteiger partial charge in [-0.1, -0.05) is 45.0 Å². The minimum atomic E-state index is -1.18. The standard InChI is InChI=1S/C17H18F2O/c1-17(2,3)14-7-5-4-6-12(14)16(20)13-10-11(18)8-9-15(13)19/h4-10,16,20H,1-3H3. The topological polar surface area (TPSA) is 20.2 Å². The van der Waals surface area contributed by atoms with E-state index in [4.69, 9.17) is 0 Å². The highest BCUT2D eigenvalue weighted by Gasteiger charge is 2.24. The number of aliphatic hydroxyl groups is 1. The zero-order chi connectivity index (χ0) is 14.9. The van der Waals surface area contributed by atoms with Crippen LogP contribution in [-0.4, -0.2) is 5.11 Å². The first-order valence-corrected chi connectivity index (χ1v) is 6.53. The highest BCUT2D eigenvalue weighted by atomic mass is 19.1. The zero-order valence-electron chi connectivity index (χ0n) is 11.8. The number of hydrogen-bond acceptors (Lipinski definition) is 1. The van der Waals surface area contributed by atoms with Gasteiger partial charge in [0.1, 0.15) is 17.7 Å². The molecule has 1 unspecified atom stereocenters. The summed E-state index contributed by atoms with van der Waals surface area (Å²) in [6, 6.07) is 10.4. The van der Waals surface area contributed by atoms with Crippen LogP contribution in [-0.2, 0) is 5.41 Å². The fourth-order valence-electron chi connectivity index (χ4n) is 2.31. The monoisotopic (exact) mass is 276 g/mol. The fraction of sp³-hybridized carbons (Fsp3) is 0.294. The molecule has 3 heteroatoms. The first-order chi connectivity index (χ1) is 9.30. The largest absolute Gasteiger partial charge is 0.384 e. The Morgan fingerprint density at radius 2 is 1.60 bits per heavy atom. The Labute approximate surface area is 117 Å². The molecule has 0 amide bonds. The minimum absolute atomic E-state index is 0.0401. The van der Waals surface area contributed by atoms with Gasteiger partial charge in [0.25, 0.3) is 0 Å². The molecule has 0 saturated heterocycles. The Balaban J connectivity index is 2.54. The Hall–Kier alpha value is -1.74. The number of rotatable bonds is 2. The summed E-state index contributed by atoms with van der Waals surface area (Å²) in [5.41, 5.74) is 1.28. The van der Waals surface area contributed by atoms with Gasteiger partial charge in [-0.25, -0.2) is 8.78 Å². The Morgan fingerprint density at radius 1 is 0.950 bits per heavy atom. The highest BCUT2D eigenvalue weighted by Crippen LogP contribution is 2.33. The molecule has 0 saturated carbocycles. The van der Waals surface area contributed by atoms with Crippen LogP contribution in [0.1, 0.15) is 43.6 Å². The van der Waals surface area contributed by atoms with Crippen LogP contribution in [0, 0.1) is 11.6 Å². The SMILES string of the molecule is CC(C)(C)c1ccccc1C(O)c1cc(F)ccc1F. The van der Waals surface area contributed by atoms with Crippen molar-refractivity contribution in [1.82, 2.24) is 0 Å². The summed E-state index contributed by atoms with van der Waals surface area (Å²) in [6.07, 6.45) is -1.18. The van der Waals surface area contributed by atoms with E-state index in [1.54, 1.807) is 12.1 Å². The summed E-state index contributed by atoms with van der Waals surface area (Å²) >= 11 is 0. The van der Waals surface area contributed by atoms with Crippen molar-refractivity contribution < 1.29 is 13.9 Å². The maximum atomic E-state index is 13.8. The molecule has 2 aromatic rings. The van der Waals surface area contributed by atoms with Crippen LogP contribution in [0.5, 0.6) is 0 Å². The third-order valence-corrected chi connectivity index (χ3v) is 3.32. The lowest BCUT2D eigenvalue weighted by Gasteiger charge is -2.25. The fourth-order valence-corrected chi connectivity index (χ4v) is 2.31. The molecule has 1 atom stereocenters. The molecule has 1 N–H and O–H groups in total. The smallest absolute Gasteiger partial charge is 0.129 e. The maximum absolute atomic E-state index is 13.8. The van der Waals surface area contributed by atoms with E-state index >= 15 is 0 Å². The van der Waals surface area contributed by atoms with Crippen LogP contribution in [0.25, 0.3) is 0 Å². The van der Waals surface area contributed by atoms with E-state index in [0.29, 0.717) is 5.56 Å². The molecule has 0 spiro atoms. The minimum Gasteiger partial charge on any atom is -0.384 e. The van der Waals surface area contributed by atoms with Gasteiger partial charge in [0, 0.05) is 5.56 Å². The average molecular weight is 276 g/mol. The van der Waals surface area contributed by atoms with Crippen LogP contribution in [0.2, 0.25) is 0 Å². The number of aliphatic hydroxyl groups excluding tert-OH is 1. The summed E-state index contributed by atoms with van der Waals surface area (Å²) in [5, 5.41) is 10.4. The molecule has 0 aliphatic heterocycles.